The predicted molar refractivity (Wildman–Crippen MR) is 108 cm³/mol. The van der Waals surface area contributed by atoms with E-state index >= 15 is 0 Å². The molecule has 0 aromatic heterocycles. The van der Waals surface area contributed by atoms with E-state index in [1.54, 1.807) is 6.07 Å². The number of hydrogen-bond donors (Lipinski definition) is 0. The van der Waals surface area contributed by atoms with E-state index in [1.165, 1.54) is 12.7 Å². The maximum atomic E-state index is 12.0. The zero-order valence-corrected chi connectivity index (χ0v) is 16.1. The summed E-state index contributed by atoms with van der Waals surface area (Å²) in [4.78, 5) is 12.0. The second kappa shape index (κ2) is 8.03. The Bertz CT molecular complexity index is 1030. The maximum Gasteiger partial charge on any atom is 0.339 e. The molecule has 0 spiro atoms. The summed E-state index contributed by atoms with van der Waals surface area (Å²) < 4.78 is 5.65. The Morgan fingerprint density at radius 2 is 1.65 bits per heavy atom. The minimum Gasteiger partial charge on any atom is -0.465 e. The molecule has 0 bridgehead atoms. The molecule has 0 aliphatic rings. The molecule has 3 rings (SSSR count). The molecule has 0 N–H and O–H groups in total. The molecule has 26 heavy (non-hydrogen) atoms. The van der Waals surface area contributed by atoms with Crippen LogP contribution < -0.4 is 0 Å². The molecule has 0 heterocycles. The molecule has 0 unspecified atom stereocenters. The highest BCUT2D eigenvalue weighted by atomic mass is 79.9. The zero-order valence-electron chi connectivity index (χ0n) is 14.5. The number of carbonyl (C=O) groups is 1. The van der Waals surface area contributed by atoms with Crippen molar-refractivity contribution in [1.29, 1.82) is 0 Å². The average Bonchev–Trinajstić information content (AvgIpc) is 2.66. The Hall–Kier alpha value is -2.83. The summed E-state index contributed by atoms with van der Waals surface area (Å²) in [5.74, 6) is 5.84. The van der Waals surface area contributed by atoms with Crippen LogP contribution in [0.25, 0.3) is 11.1 Å². The van der Waals surface area contributed by atoms with Gasteiger partial charge in [0.1, 0.15) is 0 Å². The third-order valence-electron chi connectivity index (χ3n) is 3.94. The number of halogens is 1. The van der Waals surface area contributed by atoms with Crippen molar-refractivity contribution in [3.05, 3.63) is 93.5 Å². The van der Waals surface area contributed by atoms with Crippen LogP contribution in [0.5, 0.6) is 0 Å². The summed E-state index contributed by atoms with van der Waals surface area (Å²) in [5, 5.41) is 0. The molecule has 3 aromatic carbocycles. The Kier molecular flexibility index (Phi) is 5.55. The van der Waals surface area contributed by atoms with Crippen molar-refractivity contribution in [3.8, 4) is 23.0 Å². The largest absolute Gasteiger partial charge is 0.465 e. The lowest BCUT2D eigenvalue weighted by Crippen LogP contribution is -2.04. The third kappa shape index (κ3) is 4.22. The molecule has 3 aromatic rings. The molecule has 0 radical (unpaired) electrons. The van der Waals surface area contributed by atoms with E-state index in [4.69, 9.17) is 4.74 Å². The smallest absolute Gasteiger partial charge is 0.339 e. The zero-order chi connectivity index (χ0) is 18.5. The summed E-state index contributed by atoms with van der Waals surface area (Å²) in [7, 11) is 1.37. The van der Waals surface area contributed by atoms with Gasteiger partial charge in [0, 0.05) is 15.6 Å². The number of rotatable bonds is 2. The number of methoxy groups -OCH3 is 1. The molecule has 0 aliphatic heterocycles. The van der Waals surface area contributed by atoms with Crippen LogP contribution in [0.4, 0.5) is 0 Å². The van der Waals surface area contributed by atoms with Crippen LogP contribution in [0.2, 0.25) is 0 Å². The molecule has 2 nitrogen and oxygen atoms in total. The molecule has 0 aliphatic carbocycles. The van der Waals surface area contributed by atoms with Crippen LogP contribution in [0.3, 0.4) is 0 Å². The third-order valence-corrected chi connectivity index (χ3v) is 4.44. The minimum absolute atomic E-state index is 0.399. The van der Waals surface area contributed by atoms with Crippen molar-refractivity contribution < 1.29 is 9.53 Å². The van der Waals surface area contributed by atoms with Crippen molar-refractivity contribution in [2.24, 2.45) is 0 Å². The number of hydrogen-bond acceptors (Lipinski definition) is 2. The standard InChI is InChI=1S/C23H17BrO2/c1-16-5-3-7-19(13-16)20-8-4-6-17(14-20)9-10-18-11-12-21(24)15-22(18)23(25)26-2/h3-8,11-15H,1-2H3. The lowest BCUT2D eigenvalue weighted by atomic mass is 10.0. The van der Waals surface area contributed by atoms with Gasteiger partial charge in [0.15, 0.2) is 0 Å². The summed E-state index contributed by atoms with van der Waals surface area (Å²) in [6.45, 7) is 2.08. The molecular weight excluding hydrogens is 388 g/mol. The van der Waals surface area contributed by atoms with Crippen LogP contribution in [-0.2, 0) is 4.74 Å². The molecule has 0 amide bonds. The summed E-state index contributed by atoms with van der Waals surface area (Å²) in [5.41, 5.74) is 5.47. The van der Waals surface area contributed by atoms with Gasteiger partial charge >= 0.3 is 5.97 Å². The van der Waals surface area contributed by atoms with E-state index in [1.807, 2.05) is 30.3 Å². The Morgan fingerprint density at radius 1 is 0.923 bits per heavy atom. The molecular formula is C23H17BrO2. The van der Waals surface area contributed by atoms with E-state index in [-0.39, 0.29) is 0 Å². The number of ether oxygens (including phenoxy) is 1. The number of aryl methyl sites for hydroxylation is 1. The molecule has 0 atom stereocenters. The van der Waals surface area contributed by atoms with Crippen molar-refractivity contribution >= 4 is 21.9 Å². The summed E-state index contributed by atoms with van der Waals surface area (Å²) in [6.07, 6.45) is 0. The molecule has 0 saturated heterocycles. The monoisotopic (exact) mass is 404 g/mol. The van der Waals surface area contributed by atoms with E-state index in [0.717, 1.165) is 21.2 Å². The highest BCUT2D eigenvalue weighted by molar-refractivity contribution is 9.10. The van der Waals surface area contributed by atoms with E-state index < -0.39 is 5.97 Å². The SMILES string of the molecule is COC(=O)c1cc(Br)ccc1C#Cc1cccc(-c2cccc(C)c2)c1. The minimum atomic E-state index is -0.399. The quantitative estimate of drug-likeness (QED) is 0.409. The average molecular weight is 405 g/mol. The highest BCUT2D eigenvalue weighted by Crippen LogP contribution is 2.21. The van der Waals surface area contributed by atoms with Gasteiger partial charge in [-0.05, 0) is 48.4 Å². The van der Waals surface area contributed by atoms with Gasteiger partial charge in [0.05, 0.1) is 12.7 Å². The predicted octanol–water partition coefficient (Wildman–Crippen LogP) is 5.61. The van der Waals surface area contributed by atoms with E-state index in [0.29, 0.717) is 11.1 Å². The first-order valence-corrected chi connectivity index (χ1v) is 8.93. The first-order valence-electron chi connectivity index (χ1n) is 8.14. The molecule has 128 valence electrons. The highest BCUT2D eigenvalue weighted by Gasteiger charge is 2.10. The lowest BCUT2D eigenvalue weighted by Gasteiger charge is -2.04. The van der Waals surface area contributed by atoms with Crippen molar-refractivity contribution in [3.63, 3.8) is 0 Å². The van der Waals surface area contributed by atoms with Crippen LogP contribution in [0.1, 0.15) is 27.0 Å². The van der Waals surface area contributed by atoms with Gasteiger partial charge in [-0.3, -0.25) is 0 Å². The van der Waals surface area contributed by atoms with Gasteiger partial charge in [0.2, 0.25) is 0 Å². The van der Waals surface area contributed by atoms with Crippen molar-refractivity contribution in [2.75, 3.05) is 7.11 Å². The fourth-order valence-electron chi connectivity index (χ4n) is 2.64. The van der Waals surface area contributed by atoms with Gasteiger partial charge < -0.3 is 4.74 Å². The first kappa shape index (κ1) is 18.0. The number of benzene rings is 3. The first-order chi connectivity index (χ1) is 12.6. The fourth-order valence-corrected chi connectivity index (χ4v) is 3.01. The number of carbonyl (C=O) groups excluding carboxylic acids is 1. The van der Waals surface area contributed by atoms with Crippen LogP contribution in [-0.4, -0.2) is 13.1 Å². The maximum absolute atomic E-state index is 12.0. The topological polar surface area (TPSA) is 26.3 Å². The second-order valence-electron chi connectivity index (χ2n) is 5.88. The Labute approximate surface area is 162 Å². The van der Waals surface area contributed by atoms with Gasteiger partial charge in [-0.2, -0.15) is 0 Å². The van der Waals surface area contributed by atoms with Crippen LogP contribution in [0, 0.1) is 18.8 Å². The van der Waals surface area contributed by atoms with Crippen LogP contribution in [0.15, 0.2) is 71.2 Å². The van der Waals surface area contributed by atoms with Crippen molar-refractivity contribution in [1.82, 2.24) is 0 Å². The van der Waals surface area contributed by atoms with Gasteiger partial charge in [-0.1, -0.05) is 69.7 Å². The number of esters is 1. The lowest BCUT2D eigenvalue weighted by molar-refractivity contribution is 0.0600. The van der Waals surface area contributed by atoms with E-state index in [2.05, 4.69) is 65.0 Å². The van der Waals surface area contributed by atoms with E-state index in [9.17, 15) is 4.79 Å². The molecule has 0 fully saturated rings. The Balaban J connectivity index is 1.97. The Morgan fingerprint density at radius 3 is 2.38 bits per heavy atom. The van der Waals surface area contributed by atoms with Gasteiger partial charge in [-0.15, -0.1) is 0 Å². The normalized spacial score (nSPS) is 9.96. The van der Waals surface area contributed by atoms with Gasteiger partial charge in [-0.25, -0.2) is 4.79 Å². The second-order valence-corrected chi connectivity index (χ2v) is 6.80. The van der Waals surface area contributed by atoms with Gasteiger partial charge in [0.25, 0.3) is 0 Å². The summed E-state index contributed by atoms with van der Waals surface area (Å²) in [6, 6.07) is 21.8. The fraction of sp³-hybridized carbons (Fsp3) is 0.0870. The molecule has 3 heteroatoms. The summed E-state index contributed by atoms with van der Waals surface area (Å²) >= 11 is 3.38. The van der Waals surface area contributed by atoms with Crippen molar-refractivity contribution in [2.45, 2.75) is 6.92 Å². The van der Waals surface area contributed by atoms with Crippen LogP contribution >= 0.6 is 15.9 Å². The molecule has 0 saturated carbocycles.